The summed E-state index contributed by atoms with van der Waals surface area (Å²) in [5.41, 5.74) is 3.01. The molecule has 0 spiro atoms. The molecule has 1 N–H and O–H groups in total. The topological polar surface area (TPSA) is 40.5 Å². The van der Waals surface area contributed by atoms with Gasteiger partial charge in [-0.15, -0.1) is 0 Å². The van der Waals surface area contributed by atoms with E-state index in [2.05, 4.69) is 32.0 Å². The largest absolute Gasteiger partial charge is 0.480 e. The SMILES string of the molecule is Cc1ccc(CCN(C)C(C)(C)C(=O)O)cc1C. The lowest BCUT2D eigenvalue weighted by Crippen LogP contribution is -2.48. The first-order chi connectivity index (χ1) is 8.25. The van der Waals surface area contributed by atoms with Gasteiger partial charge in [0.15, 0.2) is 0 Å². The number of carboxylic acid groups (broad SMARTS) is 1. The summed E-state index contributed by atoms with van der Waals surface area (Å²) in [6.45, 7) is 8.40. The Hall–Kier alpha value is -1.35. The third kappa shape index (κ3) is 3.33. The third-order valence-electron chi connectivity index (χ3n) is 3.78. The molecule has 1 aromatic carbocycles. The molecule has 0 amide bonds. The molecule has 0 aromatic heterocycles. The van der Waals surface area contributed by atoms with Crippen molar-refractivity contribution in [2.45, 2.75) is 39.7 Å². The van der Waals surface area contributed by atoms with E-state index < -0.39 is 11.5 Å². The number of aliphatic carboxylic acids is 1. The van der Waals surface area contributed by atoms with Gasteiger partial charge in [0.25, 0.3) is 0 Å². The van der Waals surface area contributed by atoms with Crippen molar-refractivity contribution in [2.75, 3.05) is 13.6 Å². The molecule has 1 aromatic rings. The monoisotopic (exact) mass is 249 g/mol. The van der Waals surface area contributed by atoms with Crippen LogP contribution in [0.15, 0.2) is 18.2 Å². The average Bonchev–Trinajstić information content (AvgIpc) is 2.30. The maximum atomic E-state index is 11.1. The molecule has 0 atom stereocenters. The minimum atomic E-state index is -0.820. The predicted octanol–water partition coefficient (Wildman–Crippen LogP) is 2.64. The smallest absolute Gasteiger partial charge is 0.323 e. The third-order valence-corrected chi connectivity index (χ3v) is 3.78. The van der Waals surface area contributed by atoms with Gasteiger partial charge in [0, 0.05) is 6.54 Å². The lowest BCUT2D eigenvalue weighted by Gasteiger charge is -2.31. The van der Waals surface area contributed by atoms with E-state index in [0.29, 0.717) is 0 Å². The molecule has 1 rings (SSSR count). The number of rotatable bonds is 5. The number of aryl methyl sites for hydroxylation is 2. The fraction of sp³-hybridized carbons (Fsp3) is 0.533. The van der Waals surface area contributed by atoms with Gasteiger partial charge in [-0.25, -0.2) is 0 Å². The number of benzene rings is 1. The summed E-state index contributed by atoms with van der Waals surface area (Å²) in [6, 6.07) is 6.41. The Morgan fingerprint density at radius 2 is 1.89 bits per heavy atom. The highest BCUT2D eigenvalue weighted by Crippen LogP contribution is 2.15. The summed E-state index contributed by atoms with van der Waals surface area (Å²) in [5, 5.41) is 9.15. The van der Waals surface area contributed by atoms with Crippen LogP contribution in [0, 0.1) is 13.8 Å². The van der Waals surface area contributed by atoms with Crippen molar-refractivity contribution in [3.8, 4) is 0 Å². The van der Waals surface area contributed by atoms with Crippen LogP contribution in [0.5, 0.6) is 0 Å². The number of likely N-dealkylation sites (N-methyl/N-ethyl adjacent to an activating group) is 1. The Morgan fingerprint density at radius 1 is 1.28 bits per heavy atom. The van der Waals surface area contributed by atoms with Gasteiger partial charge in [-0.1, -0.05) is 18.2 Å². The molecule has 0 radical (unpaired) electrons. The van der Waals surface area contributed by atoms with Crippen molar-refractivity contribution in [3.05, 3.63) is 34.9 Å². The van der Waals surface area contributed by atoms with Crippen LogP contribution in [0.1, 0.15) is 30.5 Å². The molecule has 0 aliphatic carbocycles. The Kier molecular flexibility index (Phi) is 4.52. The van der Waals surface area contributed by atoms with Crippen LogP contribution < -0.4 is 0 Å². The molecule has 0 aliphatic rings. The molecule has 3 nitrogen and oxygen atoms in total. The second kappa shape index (κ2) is 5.53. The summed E-state index contributed by atoms with van der Waals surface area (Å²) < 4.78 is 0. The van der Waals surface area contributed by atoms with Crippen molar-refractivity contribution in [1.29, 1.82) is 0 Å². The van der Waals surface area contributed by atoms with Crippen molar-refractivity contribution in [1.82, 2.24) is 4.90 Å². The first-order valence-corrected chi connectivity index (χ1v) is 6.26. The van der Waals surface area contributed by atoms with Gasteiger partial charge in [-0.2, -0.15) is 0 Å². The molecule has 0 bridgehead atoms. The van der Waals surface area contributed by atoms with E-state index in [9.17, 15) is 4.79 Å². The van der Waals surface area contributed by atoms with Gasteiger partial charge in [0.05, 0.1) is 0 Å². The fourth-order valence-electron chi connectivity index (χ4n) is 1.70. The van der Waals surface area contributed by atoms with Gasteiger partial charge in [0.2, 0.25) is 0 Å². The molecular weight excluding hydrogens is 226 g/mol. The van der Waals surface area contributed by atoms with Crippen LogP contribution >= 0.6 is 0 Å². The van der Waals surface area contributed by atoms with Gasteiger partial charge < -0.3 is 5.11 Å². The number of hydrogen-bond donors (Lipinski definition) is 1. The molecular formula is C15H23NO2. The van der Waals surface area contributed by atoms with Crippen molar-refractivity contribution in [2.24, 2.45) is 0 Å². The van der Waals surface area contributed by atoms with E-state index in [-0.39, 0.29) is 0 Å². The van der Waals surface area contributed by atoms with Gasteiger partial charge in [0.1, 0.15) is 5.54 Å². The lowest BCUT2D eigenvalue weighted by molar-refractivity contribution is -0.148. The zero-order valence-corrected chi connectivity index (χ0v) is 11.9. The van der Waals surface area contributed by atoms with Gasteiger partial charge in [-0.05, 0) is 57.9 Å². The van der Waals surface area contributed by atoms with E-state index in [1.54, 1.807) is 13.8 Å². The zero-order chi connectivity index (χ0) is 13.9. The molecule has 0 fully saturated rings. The van der Waals surface area contributed by atoms with Crippen molar-refractivity contribution in [3.63, 3.8) is 0 Å². The van der Waals surface area contributed by atoms with Crippen LogP contribution in [0.25, 0.3) is 0 Å². The molecule has 0 saturated heterocycles. The maximum Gasteiger partial charge on any atom is 0.323 e. The van der Waals surface area contributed by atoms with E-state index in [4.69, 9.17) is 5.11 Å². The van der Waals surface area contributed by atoms with Crippen molar-refractivity contribution < 1.29 is 9.90 Å². The second-order valence-corrected chi connectivity index (χ2v) is 5.45. The Balaban J connectivity index is 2.65. The van der Waals surface area contributed by atoms with Crippen LogP contribution in [0.2, 0.25) is 0 Å². The normalized spacial score (nSPS) is 11.9. The van der Waals surface area contributed by atoms with Crippen molar-refractivity contribution >= 4 is 5.97 Å². The molecule has 3 heteroatoms. The highest BCUT2D eigenvalue weighted by molar-refractivity contribution is 5.77. The summed E-state index contributed by atoms with van der Waals surface area (Å²) in [4.78, 5) is 13.0. The molecule has 0 heterocycles. The first kappa shape index (κ1) is 14.7. The van der Waals surface area contributed by atoms with Crippen LogP contribution in [-0.2, 0) is 11.2 Å². The molecule has 0 saturated carbocycles. The lowest BCUT2D eigenvalue weighted by atomic mass is 10.0. The summed E-state index contributed by atoms with van der Waals surface area (Å²) >= 11 is 0. The number of nitrogens with zero attached hydrogens (tertiary/aromatic N) is 1. The fourth-order valence-corrected chi connectivity index (χ4v) is 1.70. The number of carbonyl (C=O) groups is 1. The van der Waals surface area contributed by atoms with Gasteiger partial charge >= 0.3 is 5.97 Å². The first-order valence-electron chi connectivity index (χ1n) is 6.26. The van der Waals surface area contributed by atoms with E-state index in [0.717, 1.165) is 13.0 Å². The summed E-state index contributed by atoms with van der Waals surface area (Å²) in [5.74, 6) is -0.787. The quantitative estimate of drug-likeness (QED) is 0.872. The Bertz CT molecular complexity index is 438. The minimum absolute atomic E-state index is 0.738. The zero-order valence-electron chi connectivity index (χ0n) is 11.9. The number of carboxylic acids is 1. The average molecular weight is 249 g/mol. The van der Waals surface area contributed by atoms with E-state index >= 15 is 0 Å². The summed E-state index contributed by atoms with van der Waals surface area (Å²) in [6.07, 6.45) is 0.869. The van der Waals surface area contributed by atoms with Crippen LogP contribution in [0.4, 0.5) is 0 Å². The van der Waals surface area contributed by atoms with Crippen LogP contribution in [-0.4, -0.2) is 35.1 Å². The minimum Gasteiger partial charge on any atom is -0.480 e. The standard InChI is InChI=1S/C15H23NO2/c1-11-6-7-13(10-12(11)2)8-9-16(5)15(3,4)14(17)18/h6-7,10H,8-9H2,1-5H3,(H,17,18). The second-order valence-electron chi connectivity index (χ2n) is 5.45. The molecule has 0 unspecified atom stereocenters. The highest BCUT2D eigenvalue weighted by Gasteiger charge is 2.31. The van der Waals surface area contributed by atoms with E-state index in [1.165, 1.54) is 16.7 Å². The Morgan fingerprint density at radius 3 is 2.39 bits per heavy atom. The molecule has 18 heavy (non-hydrogen) atoms. The molecule has 0 aliphatic heterocycles. The van der Waals surface area contributed by atoms with E-state index in [1.807, 2.05) is 11.9 Å². The summed E-state index contributed by atoms with van der Waals surface area (Å²) in [7, 11) is 1.86. The Labute approximate surface area is 109 Å². The maximum absolute atomic E-state index is 11.1. The van der Waals surface area contributed by atoms with Gasteiger partial charge in [-0.3, -0.25) is 9.69 Å². The predicted molar refractivity (Wildman–Crippen MR) is 74.0 cm³/mol. The molecule has 100 valence electrons. The highest BCUT2D eigenvalue weighted by atomic mass is 16.4. The van der Waals surface area contributed by atoms with Crippen LogP contribution in [0.3, 0.4) is 0 Å². The number of hydrogen-bond acceptors (Lipinski definition) is 2.